The average molecular weight is 417 g/mol. The second-order valence-corrected chi connectivity index (χ2v) is 8.28. The molecule has 2 aromatic rings. The van der Waals surface area contributed by atoms with Gasteiger partial charge in [-0.25, -0.2) is 0 Å². The molecular formula is C15H15Br2NOS. The van der Waals surface area contributed by atoms with Gasteiger partial charge in [0.15, 0.2) is 0 Å². The minimum atomic E-state index is 0.606. The quantitative estimate of drug-likeness (QED) is 0.706. The summed E-state index contributed by atoms with van der Waals surface area (Å²) in [7, 11) is 0. The highest BCUT2D eigenvalue weighted by Crippen LogP contribution is 2.32. The fourth-order valence-corrected chi connectivity index (χ4v) is 3.89. The maximum absolute atomic E-state index is 6.02. The third kappa shape index (κ3) is 3.85. The Morgan fingerprint density at radius 3 is 2.75 bits per heavy atom. The molecule has 1 N–H and O–H groups in total. The van der Waals surface area contributed by atoms with Crippen LogP contribution in [0.5, 0.6) is 5.75 Å². The summed E-state index contributed by atoms with van der Waals surface area (Å²) in [6, 6.07) is 11.1. The molecule has 1 saturated carbocycles. The molecular weight excluding hydrogens is 402 g/mol. The second kappa shape index (κ2) is 6.60. The van der Waals surface area contributed by atoms with Crippen molar-refractivity contribution in [3.63, 3.8) is 0 Å². The first kappa shape index (κ1) is 14.6. The summed E-state index contributed by atoms with van der Waals surface area (Å²) in [5.41, 5.74) is 1.21. The molecule has 20 heavy (non-hydrogen) atoms. The summed E-state index contributed by atoms with van der Waals surface area (Å²) in [5, 5.41) is 3.54. The molecule has 0 atom stereocenters. The standard InChI is InChI=1S/C15H15Br2NOS/c16-13-3-1-2-10(8-18-11-4-5-11)15(13)19-9-12-6-7-14(17)20-12/h1-3,6-7,11,18H,4-5,8-9H2. The zero-order valence-electron chi connectivity index (χ0n) is 10.9. The predicted octanol–water partition coefficient (Wildman–Crippen LogP) is 5.10. The lowest BCUT2D eigenvalue weighted by molar-refractivity contribution is 0.303. The summed E-state index contributed by atoms with van der Waals surface area (Å²) in [4.78, 5) is 1.22. The number of ether oxygens (including phenoxy) is 1. The van der Waals surface area contributed by atoms with Crippen molar-refractivity contribution in [1.82, 2.24) is 5.32 Å². The Hall–Kier alpha value is -0.360. The van der Waals surface area contributed by atoms with Crippen LogP contribution in [-0.4, -0.2) is 6.04 Å². The van der Waals surface area contributed by atoms with E-state index in [2.05, 4.69) is 61.4 Å². The topological polar surface area (TPSA) is 21.3 Å². The van der Waals surface area contributed by atoms with E-state index in [1.165, 1.54) is 23.3 Å². The van der Waals surface area contributed by atoms with Crippen LogP contribution in [0.2, 0.25) is 0 Å². The molecule has 1 aliphatic carbocycles. The van der Waals surface area contributed by atoms with Gasteiger partial charge >= 0.3 is 0 Å². The normalized spacial score (nSPS) is 14.5. The number of nitrogens with one attached hydrogen (secondary N) is 1. The Morgan fingerprint density at radius 1 is 1.20 bits per heavy atom. The predicted molar refractivity (Wildman–Crippen MR) is 90.4 cm³/mol. The van der Waals surface area contributed by atoms with Gasteiger partial charge in [-0.1, -0.05) is 12.1 Å². The molecule has 1 fully saturated rings. The van der Waals surface area contributed by atoms with Crippen molar-refractivity contribution in [3.8, 4) is 5.75 Å². The molecule has 3 rings (SSSR count). The number of rotatable bonds is 6. The van der Waals surface area contributed by atoms with Gasteiger partial charge in [-0.15, -0.1) is 11.3 Å². The molecule has 0 spiro atoms. The third-order valence-electron chi connectivity index (χ3n) is 3.19. The van der Waals surface area contributed by atoms with Gasteiger partial charge in [0.25, 0.3) is 0 Å². The Labute approximate surface area is 139 Å². The Kier molecular flexibility index (Phi) is 4.81. The van der Waals surface area contributed by atoms with Gasteiger partial charge in [0.05, 0.1) is 8.26 Å². The smallest absolute Gasteiger partial charge is 0.138 e. The Bertz CT molecular complexity index is 595. The van der Waals surface area contributed by atoms with Crippen molar-refractivity contribution in [3.05, 3.63) is 49.0 Å². The highest BCUT2D eigenvalue weighted by atomic mass is 79.9. The number of para-hydroxylation sites is 1. The lowest BCUT2D eigenvalue weighted by atomic mass is 10.2. The zero-order valence-corrected chi connectivity index (χ0v) is 14.9. The SMILES string of the molecule is Brc1ccc(COc2c(Br)cccc2CNC2CC2)s1. The van der Waals surface area contributed by atoms with E-state index in [4.69, 9.17) is 4.74 Å². The molecule has 1 aromatic carbocycles. The van der Waals surface area contributed by atoms with Crippen LogP contribution in [0, 0.1) is 0 Å². The van der Waals surface area contributed by atoms with Crippen molar-refractivity contribution < 1.29 is 4.74 Å². The maximum atomic E-state index is 6.02. The van der Waals surface area contributed by atoms with E-state index >= 15 is 0 Å². The van der Waals surface area contributed by atoms with E-state index in [1.54, 1.807) is 11.3 Å². The van der Waals surface area contributed by atoms with E-state index < -0.39 is 0 Å². The zero-order chi connectivity index (χ0) is 13.9. The average Bonchev–Trinajstić information content (AvgIpc) is 3.17. The first-order chi connectivity index (χ1) is 9.72. The van der Waals surface area contributed by atoms with Crippen LogP contribution < -0.4 is 10.1 Å². The van der Waals surface area contributed by atoms with Crippen molar-refractivity contribution in [2.24, 2.45) is 0 Å². The van der Waals surface area contributed by atoms with Gasteiger partial charge in [0.2, 0.25) is 0 Å². The molecule has 0 amide bonds. The number of benzene rings is 1. The first-order valence-corrected chi connectivity index (χ1v) is 9.00. The second-order valence-electron chi connectivity index (χ2n) is 4.88. The van der Waals surface area contributed by atoms with E-state index in [1.807, 2.05) is 6.07 Å². The molecule has 2 nitrogen and oxygen atoms in total. The van der Waals surface area contributed by atoms with Gasteiger partial charge in [0.1, 0.15) is 12.4 Å². The molecule has 5 heteroatoms. The summed E-state index contributed by atoms with van der Waals surface area (Å²) in [6.07, 6.45) is 2.60. The number of halogens is 2. The maximum Gasteiger partial charge on any atom is 0.138 e. The van der Waals surface area contributed by atoms with Crippen molar-refractivity contribution in [2.75, 3.05) is 0 Å². The van der Waals surface area contributed by atoms with E-state index in [0.717, 1.165) is 20.6 Å². The number of hydrogen-bond donors (Lipinski definition) is 1. The van der Waals surface area contributed by atoms with Crippen LogP contribution in [0.4, 0.5) is 0 Å². The first-order valence-electron chi connectivity index (χ1n) is 6.60. The highest BCUT2D eigenvalue weighted by Gasteiger charge is 2.21. The molecule has 0 aliphatic heterocycles. The van der Waals surface area contributed by atoms with Gasteiger partial charge in [0, 0.05) is 23.0 Å². The molecule has 1 aliphatic rings. The van der Waals surface area contributed by atoms with Crippen molar-refractivity contribution in [2.45, 2.75) is 32.0 Å². The molecule has 0 bridgehead atoms. The van der Waals surface area contributed by atoms with Crippen molar-refractivity contribution >= 4 is 43.2 Å². The molecule has 1 aromatic heterocycles. The Morgan fingerprint density at radius 2 is 2.05 bits per heavy atom. The fraction of sp³-hybridized carbons (Fsp3) is 0.333. The minimum Gasteiger partial charge on any atom is -0.487 e. The van der Waals surface area contributed by atoms with Crippen LogP contribution in [0.3, 0.4) is 0 Å². The monoisotopic (exact) mass is 415 g/mol. The third-order valence-corrected chi connectivity index (χ3v) is 5.42. The summed E-state index contributed by atoms with van der Waals surface area (Å²) in [5.74, 6) is 0.949. The molecule has 0 radical (unpaired) electrons. The molecule has 0 saturated heterocycles. The van der Waals surface area contributed by atoms with Crippen LogP contribution in [0.15, 0.2) is 38.6 Å². The Balaban J connectivity index is 1.69. The van der Waals surface area contributed by atoms with Gasteiger partial charge in [-0.3, -0.25) is 0 Å². The molecule has 106 valence electrons. The minimum absolute atomic E-state index is 0.606. The van der Waals surface area contributed by atoms with Gasteiger partial charge in [-0.05, 0) is 62.9 Å². The van der Waals surface area contributed by atoms with E-state index in [-0.39, 0.29) is 0 Å². The van der Waals surface area contributed by atoms with Crippen LogP contribution in [0.1, 0.15) is 23.3 Å². The van der Waals surface area contributed by atoms with E-state index in [9.17, 15) is 0 Å². The molecule has 1 heterocycles. The van der Waals surface area contributed by atoms with Crippen LogP contribution >= 0.6 is 43.2 Å². The van der Waals surface area contributed by atoms with Gasteiger partial charge in [-0.2, -0.15) is 0 Å². The number of thiophene rings is 1. The van der Waals surface area contributed by atoms with E-state index in [0.29, 0.717) is 12.6 Å². The largest absolute Gasteiger partial charge is 0.487 e. The lowest BCUT2D eigenvalue weighted by Crippen LogP contribution is -2.16. The lowest BCUT2D eigenvalue weighted by Gasteiger charge is -2.13. The summed E-state index contributed by atoms with van der Waals surface area (Å²) < 4.78 is 8.18. The highest BCUT2D eigenvalue weighted by molar-refractivity contribution is 9.11. The molecule has 0 unspecified atom stereocenters. The van der Waals surface area contributed by atoms with Crippen LogP contribution in [0.25, 0.3) is 0 Å². The summed E-state index contributed by atoms with van der Waals surface area (Å²) >= 11 is 8.78. The van der Waals surface area contributed by atoms with Gasteiger partial charge < -0.3 is 10.1 Å². The number of hydrogen-bond acceptors (Lipinski definition) is 3. The fourth-order valence-electron chi connectivity index (χ4n) is 1.97. The van der Waals surface area contributed by atoms with Crippen LogP contribution in [-0.2, 0) is 13.2 Å². The summed E-state index contributed by atoms with van der Waals surface area (Å²) in [6.45, 7) is 1.48. The van der Waals surface area contributed by atoms with Crippen molar-refractivity contribution in [1.29, 1.82) is 0 Å².